The van der Waals surface area contributed by atoms with Crippen LogP contribution in [-0.4, -0.2) is 34.0 Å². The number of halogens is 1. The van der Waals surface area contributed by atoms with Crippen LogP contribution in [0.25, 0.3) is 10.8 Å². The zero-order valence-corrected chi connectivity index (χ0v) is 15.6. The van der Waals surface area contributed by atoms with Crippen molar-refractivity contribution in [1.82, 2.24) is 9.78 Å². The number of aromatic nitrogens is 2. The minimum atomic E-state index is -0.916. The smallest absolute Gasteiger partial charge is 0.359 e. The van der Waals surface area contributed by atoms with E-state index in [1.165, 1.54) is 26.1 Å². The topological polar surface area (TPSA) is 107 Å². The maximum absolute atomic E-state index is 14.1. The van der Waals surface area contributed by atoms with Gasteiger partial charge in [0.15, 0.2) is 12.3 Å². The van der Waals surface area contributed by atoms with Gasteiger partial charge in [0.2, 0.25) is 11.7 Å². The molecule has 0 atom stereocenters. The number of fused-ring (bicyclic) bond motifs is 1. The van der Waals surface area contributed by atoms with Gasteiger partial charge in [-0.2, -0.15) is 5.10 Å². The third kappa shape index (κ3) is 4.18. The van der Waals surface area contributed by atoms with E-state index < -0.39 is 24.2 Å². The Hall–Kier alpha value is -3.88. The highest BCUT2D eigenvalue weighted by Crippen LogP contribution is 2.17. The number of amides is 1. The summed E-state index contributed by atoms with van der Waals surface area (Å²) in [5.74, 6) is -2.92. The summed E-state index contributed by atoms with van der Waals surface area (Å²) in [6.07, 6.45) is 0. The molecule has 0 radical (unpaired) electrons. The number of carbonyl (C=O) groups is 3. The summed E-state index contributed by atoms with van der Waals surface area (Å²) in [5, 5.41) is 6.88. The SMILES string of the molecule is CC(=O)Nc1ccc(C(=O)COC(=O)c2nn(C)c(=O)c3ccccc23)c(F)c1. The van der Waals surface area contributed by atoms with Gasteiger partial charge in [-0.25, -0.2) is 13.9 Å². The normalized spacial score (nSPS) is 10.6. The molecule has 0 fully saturated rings. The van der Waals surface area contributed by atoms with Gasteiger partial charge in [-0.15, -0.1) is 0 Å². The zero-order valence-electron chi connectivity index (χ0n) is 15.6. The lowest BCUT2D eigenvalue weighted by Crippen LogP contribution is -2.24. The Balaban J connectivity index is 1.79. The number of anilines is 1. The molecule has 1 amide bonds. The number of ketones is 1. The Labute approximate surface area is 163 Å². The van der Waals surface area contributed by atoms with Crippen LogP contribution in [0, 0.1) is 5.82 Å². The molecule has 0 bridgehead atoms. The number of nitrogens with zero attached hydrogens (tertiary/aromatic N) is 2. The standard InChI is InChI=1S/C20H16FN3O5/c1-11(25)22-12-7-8-15(16(21)9-12)17(26)10-29-20(28)18-13-5-3-4-6-14(13)19(27)24(2)23-18/h3-9H,10H2,1-2H3,(H,22,25). The van der Waals surface area contributed by atoms with E-state index in [0.29, 0.717) is 5.39 Å². The highest BCUT2D eigenvalue weighted by atomic mass is 19.1. The molecule has 1 heterocycles. The van der Waals surface area contributed by atoms with E-state index in [-0.39, 0.29) is 33.8 Å². The van der Waals surface area contributed by atoms with Crippen molar-refractivity contribution in [2.24, 2.45) is 7.05 Å². The quantitative estimate of drug-likeness (QED) is 0.522. The number of hydrogen-bond acceptors (Lipinski definition) is 6. The third-order valence-electron chi connectivity index (χ3n) is 4.07. The fraction of sp³-hybridized carbons (Fsp3) is 0.150. The Bertz CT molecular complexity index is 1200. The van der Waals surface area contributed by atoms with Crippen LogP contribution in [0.3, 0.4) is 0 Å². The predicted octanol–water partition coefficient (Wildman–Crippen LogP) is 2.07. The van der Waals surface area contributed by atoms with Crippen LogP contribution in [0.1, 0.15) is 27.8 Å². The number of esters is 1. The van der Waals surface area contributed by atoms with Crippen molar-refractivity contribution in [3.05, 3.63) is 69.9 Å². The number of hydrogen-bond donors (Lipinski definition) is 1. The van der Waals surface area contributed by atoms with Crippen LogP contribution < -0.4 is 10.9 Å². The zero-order chi connectivity index (χ0) is 21.1. The molecule has 0 saturated heterocycles. The van der Waals surface area contributed by atoms with Gasteiger partial charge in [0, 0.05) is 25.0 Å². The van der Waals surface area contributed by atoms with Crippen molar-refractivity contribution in [3.63, 3.8) is 0 Å². The molecule has 29 heavy (non-hydrogen) atoms. The second kappa shape index (κ2) is 8.01. The van der Waals surface area contributed by atoms with Gasteiger partial charge < -0.3 is 10.1 Å². The van der Waals surface area contributed by atoms with Crippen LogP contribution in [0.2, 0.25) is 0 Å². The van der Waals surface area contributed by atoms with Crippen molar-refractivity contribution in [2.45, 2.75) is 6.92 Å². The lowest BCUT2D eigenvalue weighted by Gasteiger charge is -2.09. The molecule has 1 N–H and O–H groups in total. The van der Waals surface area contributed by atoms with Gasteiger partial charge in [0.1, 0.15) is 5.82 Å². The molecule has 2 aromatic carbocycles. The molecule has 0 saturated carbocycles. The van der Waals surface area contributed by atoms with Crippen molar-refractivity contribution in [1.29, 1.82) is 0 Å². The number of rotatable bonds is 5. The third-order valence-corrected chi connectivity index (χ3v) is 4.07. The lowest BCUT2D eigenvalue weighted by atomic mass is 10.1. The van der Waals surface area contributed by atoms with Crippen LogP contribution in [0.15, 0.2) is 47.3 Å². The Kier molecular flexibility index (Phi) is 5.49. The second-order valence-corrected chi connectivity index (χ2v) is 6.20. The first-order valence-electron chi connectivity index (χ1n) is 8.51. The highest BCUT2D eigenvalue weighted by Gasteiger charge is 2.20. The largest absolute Gasteiger partial charge is 0.452 e. The summed E-state index contributed by atoms with van der Waals surface area (Å²) < 4.78 is 20.1. The van der Waals surface area contributed by atoms with E-state index in [1.807, 2.05) is 0 Å². The molecular weight excluding hydrogens is 381 g/mol. The summed E-state index contributed by atoms with van der Waals surface area (Å²) in [7, 11) is 1.39. The molecular formula is C20H16FN3O5. The molecule has 0 aliphatic heterocycles. The van der Waals surface area contributed by atoms with Crippen molar-refractivity contribution < 1.29 is 23.5 Å². The number of benzene rings is 2. The average Bonchev–Trinajstić information content (AvgIpc) is 2.68. The summed E-state index contributed by atoms with van der Waals surface area (Å²) in [6.45, 7) is 0.557. The average molecular weight is 397 g/mol. The first-order chi connectivity index (χ1) is 13.8. The summed E-state index contributed by atoms with van der Waals surface area (Å²) in [4.78, 5) is 47.8. The van der Waals surface area contributed by atoms with Crippen molar-refractivity contribution >= 4 is 34.1 Å². The highest BCUT2D eigenvalue weighted by molar-refractivity contribution is 6.04. The van der Waals surface area contributed by atoms with Gasteiger partial charge in [-0.3, -0.25) is 14.4 Å². The van der Waals surface area contributed by atoms with E-state index >= 15 is 0 Å². The van der Waals surface area contributed by atoms with Gasteiger partial charge in [-0.1, -0.05) is 18.2 Å². The minimum absolute atomic E-state index is 0.128. The second-order valence-electron chi connectivity index (χ2n) is 6.20. The maximum Gasteiger partial charge on any atom is 0.359 e. The van der Waals surface area contributed by atoms with Gasteiger partial charge in [0.05, 0.1) is 10.9 Å². The monoisotopic (exact) mass is 397 g/mol. The Morgan fingerprint density at radius 3 is 2.48 bits per heavy atom. The summed E-state index contributed by atoms with van der Waals surface area (Å²) in [6, 6.07) is 9.93. The lowest BCUT2D eigenvalue weighted by molar-refractivity contribution is -0.114. The Morgan fingerprint density at radius 2 is 1.83 bits per heavy atom. The van der Waals surface area contributed by atoms with Crippen molar-refractivity contribution in [3.8, 4) is 0 Å². The number of aryl methyl sites for hydroxylation is 1. The summed E-state index contributed by atoms with van der Waals surface area (Å²) >= 11 is 0. The molecule has 0 aliphatic rings. The van der Waals surface area contributed by atoms with Crippen molar-refractivity contribution in [2.75, 3.05) is 11.9 Å². The minimum Gasteiger partial charge on any atom is -0.452 e. The maximum atomic E-state index is 14.1. The van der Waals surface area contributed by atoms with Gasteiger partial charge >= 0.3 is 5.97 Å². The molecule has 8 nitrogen and oxygen atoms in total. The van der Waals surface area contributed by atoms with Crippen LogP contribution in [0.5, 0.6) is 0 Å². The first kappa shape index (κ1) is 19.9. The number of Topliss-reactive ketones (excluding diaryl/α,β-unsaturated/α-hetero) is 1. The van der Waals surface area contributed by atoms with E-state index in [1.54, 1.807) is 24.3 Å². The number of nitrogens with one attached hydrogen (secondary N) is 1. The predicted molar refractivity (Wildman–Crippen MR) is 102 cm³/mol. The molecule has 3 aromatic rings. The van der Waals surface area contributed by atoms with Gasteiger partial charge in [-0.05, 0) is 24.3 Å². The molecule has 9 heteroatoms. The fourth-order valence-corrected chi connectivity index (χ4v) is 2.75. The number of carbonyl (C=O) groups excluding carboxylic acids is 3. The van der Waals surface area contributed by atoms with E-state index in [4.69, 9.17) is 4.74 Å². The molecule has 0 spiro atoms. The molecule has 148 valence electrons. The molecule has 1 aromatic heterocycles. The van der Waals surface area contributed by atoms with Gasteiger partial charge in [0.25, 0.3) is 5.56 Å². The molecule has 3 rings (SSSR count). The summed E-state index contributed by atoms with van der Waals surface area (Å²) in [5.41, 5.74) is -0.596. The first-order valence-corrected chi connectivity index (χ1v) is 8.51. The van der Waals surface area contributed by atoms with E-state index in [9.17, 15) is 23.6 Å². The molecule has 0 aliphatic carbocycles. The van der Waals surface area contributed by atoms with E-state index in [2.05, 4.69) is 10.4 Å². The molecule has 0 unspecified atom stereocenters. The van der Waals surface area contributed by atoms with Crippen LogP contribution in [-0.2, 0) is 16.6 Å². The fourth-order valence-electron chi connectivity index (χ4n) is 2.75. The number of ether oxygens (including phenoxy) is 1. The van der Waals surface area contributed by atoms with E-state index in [0.717, 1.165) is 10.7 Å². The van der Waals surface area contributed by atoms with Crippen LogP contribution >= 0.6 is 0 Å². The van der Waals surface area contributed by atoms with Crippen LogP contribution in [0.4, 0.5) is 10.1 Å². The Morgan fingerprint density at radius 1 is 1.14 bits per heavy atom.